The van der Waals surface area contributed by atoms with Crippen molar-refractivity contribution in [2.75, 3.05) is 18.8 Å². The van der Waals surface area contributed by atoms with E-state index >= 15 is 0 Å². The fourth-order valence-corrected chi connectivity index (χ4v) is 2.65. The van der Waals surface area contributed by atoms with Crippen LogP contribution in [0.4, 0.5) is 5.69 Å². The smallest absolute Gasteiger partial charge is 0.268 e. The first kappa shape index (κ1) is 15.4. The zero-order valence-corrected chi connectivity index (χ0v) is 12.9. The zero-order chi connectivity index (χ0) is 15.6. The van der Waals surface area contributed by atoms with Gasteiger partial charge in [-0.15, -0.1) is 0 Å². The molecule has 1 atom stereocenters. The van der Waals surface area contributed by atoms with E-state index in [9.17, 15) is 9.59 Å². The number of nitrogens with zero attached hydrogens (tertiary/aromatic N) is 2. The lowest BCUT2D eigenvalue weighted by molar-refractivity contribution is -0.131. The SMILES string of the molecule is CC(NC(=O)c1cc(N)cn1C(C)C)C(=O)N1CCCC1. The number of amides is 2. The molecule has 0 aliphatic carbocycles. The van der Waals surface area contributed by atoms with Crippen molar-refractivity contribution in [3.05, 3.63) is 18.0 Å². The second kappa shape index (κ2) is 6.20. The van der Waals surface area contributed by atoms with Gasteiger partial charge in [0.15, 0.2) is 0 Å². The Morgan fingerprint density at radius 3 is 2.43 bits per heavy atom. The van der Waals surface area contributed by atoms with E-state index in [4.69, 9.17) is 5.73 Å². The van der Waals surface area contributed by atoms with Crippen LogP contribution in [-0.4, -0.2) is 40.4 Å². The number of nitrogen functional groups attached to an aromatic ring is 1. The van der Waals surface area contributed by atoms with Crippen molar-refractivity contribution in [2.24, 2.45) is 0 Å². The highest BCUT2D eigenvalue weighted by atomic mass is 16.2. The van der Waals surface area contributed by atoms with Crippen molar-refractivity contribution in [3.63, 3.8) is 0 Å². The molecule has 0 saturated carbocycles. The van der Waals surface area contributed by atoms with Gasteiger partial charge in [-0.3, -0.25) is 9.59 Å². The molecular weight excluding hydrogens is 268 g/mol. The fraction of sp³-hybridized carbons (Fsp3) is 0.600. The molecule has 3 N–H and O–H groups in total. The maximum absolute atomic E-state index is 12.4. The second-order valence-electron chi connectivity index (χ2n) is 5.89. The van der Waals surface area contributed by atoms with Gasteiger partial charge in [0.05, 0.1) is 5.69 Å². The molecule has 1 unspecified atom stereocenters. The molecule has 0 radical (unpaired) electrons. The predicted octanol–water partition coefficient (Wildman–Crippen LogP) is 1.39. The van der Waals surface area contributed by atoms with E-state index in [-0.39, 0.29) is 17.9 Å². The minimum absolute atomic E-state index is 0.0172. The molecule has 6 heteroatoms. The van der Waals surface area contributed by atoms with Crippen molar-refractivity contribution in [1.82, 2.24) is 14.8 Å². The van der Waals surface area contributed by atoms with Crippen LogP contribution < -0.4 is 11.1 Å². The molecule has 1 aliphatic heterocycles. The van der Waals surface area contributed by atoms with Gasteiger partial charge in [0, 0.05) is 25.3 Å². The van der Waals surface area contributed by atoms with Crippen LogP contribution in [0.5, 0.6) is 0 Å². The largest absolute Gasteiger partial charge is 0.397 e. The Labute approximate surface area is 125 Å². The van der Waals surface area contributed by atoms with Crippen LogP contribution in [-0.2, 0) is 4.79 Å². The molecule has 6 nitrogen and oxygen atoms in total. The van der Waals surface area contributed by atoms with Crippen molar-refractivity contribution in [3.8, 4) is 0 Å². The molecule has 116 valence electrons. The highest BCUT2D eigenvalue weighted by Gasteiger charge is 2.25. The van der Waals surface area contributed by atoms with Crippen LogP contribution in [0.1, 0.15) is 50.1 Å². The number of hydrogen-bond donors (Lipinski definition) is 2. The number of hydrogen-bond acceptors (Lipinski definition) is 3. The zero-order valence-electron chi connectivity index (χ0n) is 12.9. The highest BCUT2D eigenvalue weighted by molar-refractivity contribution is 5.97. The van der Waals surface area contributed by atoms with Crippen LogP contribution in [0.3, 0.4) is 0 Å². The normalized spacial score (nSPS) is 16.3. The van der Waals surface area contributed by atoms with Gasteiger partial charge >= 0.3 is 0 Å². The summed E-state index contributed by atoms with van der Waals surface area (Å²) >= 11 is 0. The summed E-state index contributed by atoms with van der Waals surface area (Å²) in [5, 5.41) is 2.77. The minimum atomic E-state index is -0.521. The Morgan fingerprint density at radius 2 is 1.86 bits per heavy atom. The number of carbonyl (C=O) groups excluding carboxylic acids is 2. The van der Waals surface area contributed by atoms with Gasteiger partial charge in [-0.1, -0.05) is 0 Å². The van der Waals surface area contributed by atoms with E-state index in [1.54, 1.807) is 24.1 Å². The molecule has 1 aromatic rings. The summed E-state index contributed by atoms with van der Waals surface area (Å²) in [5.41, 5.74) is 6.81. The van der Waals surface area contributed by atoms with Crippen molar-refractivity contribution < 1.29 is 9.59 Å². The molecule has 0 bridgehead atoms. The third-order valence-corrected chi connectivity index (χ3v) is 3.79. The number of nitrogens with two attached hydrogens (primary N) is 1. The Bertz CT molecular complexity index is 530. The number of nitrogens with one attached hydrogen (secondary N) is 1. The number of carbonyl (C=O) groups is 2. The summed E-state index contributed by atoms with van der Waals surface area (Å²) in [5.74, 6) is -0.281. The molecule has 2 heterocycles. The summed E-state index contributed by atoms with van der Waals surface area (Å²) in [4.78, 5) is 26.4. The molecule has 0 spiro atoms. The van der Waals surface area contributed by atoms with Gasteiger partial charge in [0.25, 0.3) is 5.91 Å². The topological polar surface area (TPSA) is 80.4 Å². The molecule has 0 aromatic carbocycles. The Hall–Kier alpha value is -1.98. The van der Waals surface area contributed by atoms with E-state index in [2.05, 4.69) is 5.32 Å². The van der Waals surface area contributed by atoms with Crippen molar-refractivity contribution in [1.29, 1.82) is 0 Å². The van der Waals surface area contributed by atoms with Crippen molar-refractivity contribution in [2.45, 2.75) is 45.7 Å². The highest BCUT2D eigenvalue weighted by Crippen LogP contribution is 2.17. The van der Waals surface area contributed by atoms with Crippen LogP contribution in [0.15, 0.2) is 12.3 Å². The van der Waals surface area contributed by atoms with E-state index in [1.807, 2.05) is 18.4 Å². The summed E-state index contributed by atoms with van der Waals surface area (Å²) in [6.07, 6.45) is 3.82. The van der Waals surface area contributed by atoms with Gasteiger partial charge < -0.3 is 20.5 Å². The standard InChI is InChI=1S/C15H24N4O2/c1-10(2)19-9-12(16)8-13(19)14(20)17-11(3)15(21)18-6-4-5-7-18/h8-11H,4-7,16H2,1-3H3,(H,17,20). The summed E-state index contributed by atoms with van der Waals surface area (Å²) in [7, 11) is 0. The van der Waals surface area contributed by atoms with Crippen LogP contribution in [0.2, 0.25) is 0 Å². The molecule has 1 aliphatic rings. The first-order valence-electron chi connectivity index (χ1n) is 7.47. The molecular formula is C15H24N4O2. The van der Waals surface area contributed by atoms with E-state index in [1.165, 1.54) is 0 Å². The van der Waals surface area contributed by atoms with Gasteiger partial charge in [-0.2, -0.15) is 0 Å². The molecule has 1 saturated heterocycles. The summed E-state index contributed by atoms with van der Waals surface area (Å²) in [6.45, 7) is 7.26. The van der Waals surface area contributed by atoms with Crippen LogP contribution in [0.25, 0.3) is 0 Å². The van der Waals surface area contributed by atoms with Gasteiger partial charge in [-0.25, -0.2) is 0 Å². The van der Waals surface area contributed by atoms with E-state index in [0.29, 0.717) is 11.4 Å². The first-order valence-corrected chi connectivity index (χ1v) is 7.47. The third-order valence-electron chi connectivity index (χ3n) is 3.79. The number of rotatable bonds is 4. The fourth-order valence-electron chi connectivity index (χ4n) is 2.65. The second-order valence-corrected chi connectivity index (χ2v) is 5.89. The van der Waals surface area contributed by atoms with Crippen molar-refractivity contribution >= 4 is 17.5 Å². The number of anilines is 1. The Kier molecular flexibility index (Phi) is 4.55. The number of aromatic nitrogens is 1. The first-order chi connectivity index (χ1) is 9.90. The summed E-state index contributed by atoms with van der Waals surface area (Å²) in [6, 6.07) is 1.25. The quantitative estimate of drug-likeness (QED) is 0.880. The lowest BCUT2D eigenvalue weighted by atomic mass is 10.2. The van der Waals surface area contributed by atoms with Gasteiger partial charge in [0.1, 0.15) is 11.7 Å². The Balaban J connectivity index is 2.05. The molecule has 2 rings (SSSR count). The maximum Gasteiger partial charge on any atom is 0.268 e. The van der Waals surface area contributed by atoms with Crippen LogP contribution in [0, 0.1) is 0 Å². The van der Waals surface area contributed by atoms with E-state index < -0.39 is 6.04 Å². The minimum Gasteiger partial charge on any atom is -0.397 e. The van der Waals surface area contributed by atoms with Gasteiger partial charge in [0.2, 0.25) is 5.91 Å². The number of likely N-dealkylation sites (tertiary alicyclic amines) is 1. The van der Waals surface area contributed by atoms with Gasteiger partial charge in [-0.05, 0) is 39.7 Å². The lowest BCUT2D eigenvalue weighted by Gasteiger charge is -2.21. The predicted molar refractivity (Wildman–Crippen MR) is 82.0 cm³/mol. The third kappa shape index (κ3) is 3.37. The summed E-state index contributed by atoms with van der Waals surface area (Å²) < 4.78 is 1.82. The maximum atomic E-state index is 12.4. The average molecular weight is 292 g/mol. The molecule has 1 fully saturated rings. The monoisotopic (exact) mass is 292 g/mol. The molecule has 21 heavy (non-hydrogen) atoms. The Morgan fingerprint density at radius 1 is 1.24 bits per heavy atom. The van der Waals surface area contributed by atoms with E-state index in [0.717, 1.165) is 25.9 Å². The molecule has 1 aromatic heterocycles. The lowest BCUT2D eigenvalue weighted by Crippen LogP contribution is -2.46. The van der Waals surface area contributed by atoms with Crippen LogP contribution >= 0.6 is 0 Å². The average Bonchev–Trinajstić information content (AvgIpc) is 3.06. The molecule has 2 amide bonds.